The van der Waals surface area contributed by atoms with Gasteiger partial charge in [-0.3, -0.25) is 9.59 Å². The third-order valence-electron chi connectivity index (χ3n) is 4.60. The molecule has 0 radical (unpaired) electrons. The number of hydrogen-bond acceptors (Lipinski definition) is 4. The van der Waals surface area contributed by atoms with Gasteiger partial charge >= 0.3 is 0 Å². The van der Waals surface area contributed by atoms with Crippen molar-refractivity contribution >= 4 is 43.3 Å². The zero-order valence-corrected chi connectivity index (χ0v) is 17.1. The second-order valence-corrected chi connectivity index (χ2v) is 9.54. The van der Waals surface area contributed by atoms with Gasteiger partial charge in [0.05, 0.1) is 28.3 Å². The fraction of sp³-hybridized carbons (Fsp3) is 0.263. The number of hydrogen-bond donors (Lipinski definition) is 1. The van der Waals surface area contributed by atoms with Crippen molar-refractivity contribution in [2.24, 2.45) is 0 Å². The van der Waals surface area contributed by atoms with Crippen molar-refractivity contribution in [2.75, 3.05) is 23.9 Å². The van der Waals surface area contributed by atoms with E-state index in [1.165, 1.54) is 4.90 Å². The van der Waals surface area contributed by atoms with E-state index in [2.05, 4.69) is 21.2 Å². The summed E-state index contributed by atoms with van der Waals surface area (Å²) in [5.74, 6) is -0.592. The predicted molar refractivity (Wildman–Crippen MR) is 108 cm³/mol. The fourth-order valence-electron chi connectivity index (χ4n) is 3.05. The monoisotopic (exact) mass is 450 g/mol. The van der Waals surface area contributed by atoms with Crippen LogP contribution < -0.4 is 5.32 Å². The maximum Gasteiger partial charge on any atom is 0.256 e. The lowest BCUT2D eigenvalue weighted by molar-refractivity contribution is 0.0748. The van der Waals surface area contributed by atoms with Crippen LogP contribution in [0.25, 0.3) is 0 Å². The lowest BCUT2D eigenvalue weighted by Crippen LogP contribution is -2.38. The van der Waals surface area contributed by atoms with Gasteiger partial charge in [0.1, 0.15) is 0 Å². The average molecular weight is 451 g/mol. The molecular weight excluding hydrogens is 432 g/mol. The number of para-hydroxylation sites is 1. The third kappa shape index (κ3) is 4.39. The van der Waals surface area contributed by atoms with Gasteiger partial charge in [0.2, 0.25) is 0 Å². The van der Waals surface area contributed by atoms with Crippen LogP contribution in [0.3, 0.4) is 0 Å². The van der Waals surface area contributed by atoms with Gasteiger partial charge in [-0.25, -0.2) is 8.42 Å². The average Bonchev–Trinajstić information content (AvgIpc) is 3.01. The molecule has 1 aliphatic heterocycles. The quantitative estimate of drug-likeness (QED) is 0.775. The summed E-state index contributed by atoms with van der Waals surface area (Å²) in [4.78, 5) is 26.9. The Balaban J connectivity index is 1.82. The summed E-state index contributed by atoms with van der Waals surface area (Å²) >= 11 is 3.34. The number of benzene rings is 2. The van der Waals surface area contributed by atoms with Crippen molar-refractivity contribution in [1.82, 2.24) is 4.90 Å². The van der Waals surface area contributed by atoms with Gasteiger partial charge in [0.15, 0.2) is 9.84 Å². The van der Waals surface area contributed by atoms with Gasteiger partial charge in [-0.2, -0.15) is 0 Å². The van der Waals surface area contributed by atoms with Gasteiger partial charge in [-0.15, -0.1) is 0 Å². The van der Waals surface area contributed by atoms with Crippen LogP contribution in [-0.4, -0.2) is 49.7 Å². The topological polar surface area (TPSA) is 83.6 Å². The van der Waals surface area contributed by atoms with E-state index in [0.717, 1.165) is 0 Å². The SMILES string of the molecule is CN(C(=O)c1ccccc1NC(=O)c1ccccc1Br)C1CCS(=O)(=O)C1. The highest BCUT2D eigenvalue weighted by Gasteiger charge is 2.33. The molecule has 1 N–H and O–H groups in total. The summed E-state index contributed by atoms with van der Waals surface area (Å²) in [6.45, 7) is 0. The zero-order valence-electron chi connectivity index (χ0n) is 14.7. The second kappa shape index (κ2) is 7.82. The molecule has 0 bridgehead atoms. The maximum absolute atomic E-state index is 12.9. The molecular formula is C19H19BrN2O4S. The highest BCUT2D eigenvalue weighted by Crippen LogP contribution is 2.24. The Hall–Kier alpha value is -2.19. The van der Waals surface area contributed by atoms with E-state index >= 15 is 0 Å². The second-order valence-electron chi connectivity index (χ2n) is 6.45. The molecule has 1 unspecified atom stereocenters. The Kier molecular flexibility index (Phi) is 5.67. The summed E-state index contributed by atoms with van der Waals surface area (Å²) in [7, 11) is -1.50. The Labute approximate surface area is 166 Å². The third-order valence-corrected chi connectivity index (χ3v) is 7.04. The number of carbonyl (C=O) groups is 2. The normalized spacial score (nSPS) is 18.1. The number of amides is 2. The number of anilines is 1. The summed E-state index contributed by atoms with van der Waals surface area (Å²) in [6, 6.07) is 13.4. The Bertz CT molecular complexity index is 991. The van der Waals surface area contributed by atoms with E-state index in [9.17, 15) is 18.0 Å². The van der Waals surface area contributed by atoms with Crippen LogP contribution >= 0.6 is 15.9 Å². The first-order valence-electron chi connectivity index (χ1n) is 8.41. The molecule has 8 heteroatoms. The minimum Gasteiger partial charge on any atom is -0.338 e. The van der Waals surface area contributed by atoms with Gasteiger partial charge in [-0.1, -0.05) is 24.3 Å². The number of sulfone groups is 1. The molecule has 0 saturated carbocycles. The molecule has 1 heterocycles. The summed E-state index contributed by atoms with van der Waals surface area (Å²) in [6.07, 6.45) is 0.427. The van der Waals surface area contributed by atoms with Crippen LogP contribution in [0.5, 0.6) is 0 Å². The molecule has 2 aromatic rings. The Morgan fingerprint density at radius 1 is 1.07 bits per heavy atom. The van der Waals surface area contributed by atoms with E-state index in [-0.39, 0.29) is 29.4 Å². The van der Waals surface area contributed by atoms with Crippen LogP contribution in [0.1, 0.15) is 27.1 Å². The lowest BCUT2D eigenvalue weighted by atomic mass is 10.1. The summed E-state index contributed by atoms with van der Waals surface area (Å²) in [5, 5.41) is 2.78. The highest BCUT2D eigenvalue weighted by atomic mass is 79.9. The molecule has 0 aromatic heterocycles. The van der Waals surface area contributed by atoms with Gasteiger partial charge in [0, 0.05) is 17.6 Å². The molecule has 2 aromatic carbocycles. The predicted octanol–water partition coefficient (Wildman–Crippen LogP) is 2.96. The first-order valence-corrected chi connectivity index (χ1v) is 11.0. The molecule has 0 spiro atoms. The number of nitrogens with one attached hydrogen (secondary N) is 1. The molecule has 1 saturated heterocycles. The molecule has 0 aliphatic carbocycles. The van der Waals surface area contributed by atoms with E-state index in [4.69, 9.17) is 0 Å². The summed E-state index contributed by atoms with van der Waals surface area (Å²) < 4.78 is 24.1. The van der Waals surface area contributed by atoms with E-state index < -0.39 is 9.84 Å². The van der Waals surface area contributed by atoms with E-state index in [1.807, 2.05) is 6.07 Å². The first-order chi connectivity index (χ1) is 12.8. The van der Waals surface area contributed by atoms with Crippen molar-refractivity contribution in [3.63, 3.8) is 0 Å². The van der Waals surface area contributed by atoms with Crippen molar-refractivity contribution in [3.05, 3.63) is 64.1 Å². The number of rotatable bonds is 4. The van der Waals surface area contributed by atoms with Crippen LogP contribution in [0.2, 0.25) is 0 Å². The molecule has 3 rings (SSSR count). The fourth-order valence-corrected chi connectivity index (χ4v) is 5.29. The number of carbonyl (C=O) groups excluding carboxylic acids is 2. The van der Waals surface area contributed by atoms with Crippen molar-refractivity contribution in [1.29, 1.82) is 0 Å². The van der Waals surface area contributed by atoms with Crippen molar-refractivity contribution in [3.8, 4) is 0 Å². The van der Waals surface area contributed by atoms with Crippen molar-refractivity contribution in [2.45, 2.75) is 12.5 Å². The maximum atomic E-state index is 12.9. The molecule has 1 atom stereocenters. The molecule has 6 nitrogen and oxygen atoms in total. The van der Waals surface area contributed by atoms with E-state index in [0.29, 0.717) is 27.7 Å². The van der Waals surface area contributed by atoms with Gasteiger partial charge in [0.25, 0.3) is 11.8 Å². The summed E-state index contributed by atoms with van der Waals surface area (Å²) in [5.41, 5.74) is 1.16. The van der Waals surface area contributed by atoms with Crippen LogP contribution in [0, 0.1) is 0 Å². The first kappa shape index (κ1) is 19.6. The van der Waals surface area contributed by atoms with Crippen LogP contribution in [0.15, 0.2) is 53.0 Å². The molecule has 27 heavy (non-hydrogen) atoms. The molecule has 2 amide bonds. The van der Waals surface area contributed by atoms with E-state index in [1.54, 1.807) is 49.5 Å². The molecule has 1 fully saturated rings. The van der Waals surface area contributed by atoms with Gasteiger partial charge < -0.3 is 10.2 Å². The minimum atomic E-state index is -3.09. The van der Waals surface area contributed by atoms with Crippen molar-refractivity contribution < 1.29 is 18.0 Å². The highest BCUT2D eigenvalue weighted by molar-refractivity contribution is 9.10. The largest absolute Gasteiger partial charge is 0.338 e. The standard InChI is InChI=1S/C19H19BrN2O4S/c1-22(13-10-11-27(25,26)12-13)19(24)15-7-3-5-9-17(15)21-18(23)14-6-2-4-8-16(14)20/h2-9,13H,10-12H2,1H3,(H,21,23). The Morgan fingerprint density at radius 3 is 2.33 bits per heavy atom. The smallest absolute Gasteiger partial charge is 0.256 e. The van der Waals surface area contributed by atoms with Gasteiger partial charge in [-0.05, 0) is 46.6 Å². The van der Waals surface area contributed by atoms with Crippen LogP contribution in [-0.2, 0) is 9.84 Å². The number of nitrogens with zero attached hydrogens (tertiary/aromatic N) is 1. The minimum absolute atomic E-state index is 0.0271. The lowest BCUT2D eigenvalue weighted by Gasteiger charge is -2.24. The Morgan fingerprint density at radius 2 is 1.70 bits per heavy atom. The molecule has 142 valence electrons. The van der Waals surface area contributed by atoms with Crippen LogP contribution in [0.4, 0.5) is 5.69 Å². The zero-order chi connectivity index (χ0) is 19.6. The molecule has 1 aliphatic rings. The number of halogens is 1.